The van der Waals surface area contributed by atoms with Gasteiger partial charge < -0.3 is 24.6 Å². The number of nitro benzene ring substituents is 1. The van der Waals surface area contributed by atoms with Crippen molar-refractivity contribution in [2.75, 3.05) is 23.3 Å². The fourth-order valence-corrected chi connectivity index (χ4v) is 5.29. The number of nitro groups is 1. The van der Waals surface area contributed by atoms with Gasteiger partial charge in [0.15, 0.2) is 0 Å². The number of fused-ring (bicyclic) bond motifs is 1. The van der Waals surface area contributed by atoms with Crippen molar-refractivity contribution < 1.29 is 33.6 Å². The maximum Gasteiger partial charge on any atom is 0.371 e. The van der Waals surface area contributed by atoms with E-state index in [4.69, 9.17) is 16.0 Å². The predicted molar refractivity (Wildman–Crippen MR) is 161 cm³/mol. The number of carbonyl (C=O) groups excluding carboxylic acids is 3. The second-order valence-electron chi connectivity index (χ2n) is 10.1. The molecule has 3 aromatic carbocycles. The highest BCUT2D eigenvalue weighted by molar-refractivity contribution is 6.41. The molecule has 46 heavy (non-hydrogen) atoms. The number of nitrogens with one attached hydrogen (secondary N) is 1. The van der Waals surface area contributed by atoms with Crippen LogP contribution in [0.5, 0.6) is 0 Å². The van der Waals surface area contributed by atoms with Gasteiger partial charge in [-0.25, -0.2) is 4.79 Å². The fourth-order valence-electron chi connectivity index (χ4n) is 5.13. The summed E-state index contributed by atoms with van der Waals surface area (Å²) in [7, 11) is 0. The van der Waals surface area contributed by atoms with Crippen LogP contribution < -0.4 is 10.2 Å². The number of carboxylic acid groups (broad SMARTS) is 1. The zero-order valence-corrected chi connectivity index (χ0v) is 24.2. The number of anilines is 2. The minimum absolute atomic E-state index is 0.0109. The molecule has 17 heteroatoms. The molecule has 0 saturated carbocycles. The summed E-state index contributed by atoms with van der Waals surface area (Å²) in [5, 5.41) is 34.9. The zero-order chi connectivity index (χ0) is 32.5. The molecule has 0 unspecified atom stereocenters. The monoisotopic (exact) mass is 644 g/mol. The third kappa shape index (κ3) is 5.83. The number of benzene rings is 3. The van der Waals surface area contributed by atoms with Crippen molar-refractivity contribution in [3.8, 4) is 5.69 Å². The number of hydrogen-bond donors (Lipinski definition) is 2. The number of aromatic carboxylic acids is 1. The molecule has 3 amide bonds. The SMILES string of the molecule is O=C(O)c1cc2cc(NC(=O)[C@H](Cc3ccc([N+](=O)[O-])cc3)N3CCN(c4cc(Cl)ccc4-n4cnnn4)C(=O)C3=O)ccc2o1. The number of aromatic nitrogens is 4. The van der Waals surface area contributed by atoms with Crippen molar-refractivity contribution in [2.24, 2.45) is 0 Å². The number of non-ortho nitro benzene ring substituents is 1. The van der Waals surface area contributed by atoms with Crippen LogP contribution in [0.15, 0.2) is 77.5 Å². The van der Waals surface area contributed by atoms with Crippen LogP contribution >= 0.6 is 11.6 Å². The van der Waals surface area contributed by atoms with E-state index >= 15 is 0 Å². The van der Waals surface area contributed by atoms with E-state index in [2.05, 4.69) is 20.8 Å². The van der Waals surface area contributed by atoms with Crippen molar-refractivity contribution in [3.05, 3.63) is 99.5 Å². The quantitative estimate of drug-likeness (QED) is 0.135. The average Bonchev–Trinajstić information content (AvgIpc) is 3.72. The highest BCUT2D eigenvalue weighted by Crippen LogP contribution is 2.30. The Bertz CT molecular complexity index is 2010. The largest absolute Gasteiger partial charge is 0.475 e. The molecular formula is C29H21ClN8O8. The van der Waals surface area contributed by atoms with Crippen LogP contribution in [0.4, 0.5) is 17.1 Å². The topological polar surface area (TPSA) is 207 Å². The van der Waals surface area contributed by atoms with Crippen LogP contribution in [-0.2, 0) is 20.8 Å². The Morgan fingerprint density at radius 2 is 1.80 bits per heavy atom. The van der Waals surface area contributed by atoms with E-state index in [-0.39, 0.29) is 47.9 Å². The summed E-state index contributed by atoms with van der Waals surface area (Å²) in [5.41, 5.74) is 1.59. The lowest BCUT2D eigenvalue weighted by molar-refractivity contribution is -0.384. The number of carbonyl (C=O) groups is 4. The van der Waals surface area contributed by atoms with Gasteiger partial charge >= 0.3 is 17.8 Å². The van der Waals surface area contributed by atoms with Gasteiger partial charge in [0, 0.05) is 47.7 Å². The van der Waals surface area contributed by atoms with Gasteiger partial charge in [0.1, 0.15) is 18.0 Å². The van der Waals surface area contributed by atoms with Crippen LogP contribution in [0, 0.1) is 10.1 Å². The van der Waals surface area contributed by atoms with Gasteiger partial charge in [-0.1, -0.05) is 23.7 Å². The van der Waals surface area contributed by atoms with E-state index < -0.39 is 34.7 Å². The van der Waals surface area contributed by atoms with Crippen LogP contribution in [0.1, 0.15) is 16.1 Å². The Hall–Kier alpha value is -6.16. The highest BCUT2D eigenvalue weighted by atomic mass is 35.5. The van der Waals surface area contributed by atoms with Gasteiger partial charge in [-0.3, -0.25) is 24.5 Å². The predicted octanol–water partition coefficient (Wildman–Crippen LogP) is 3.09. The van der Waals surface area contributed by atoms with Gasteiger partial charge in [-0.2, -0.15) is 4.68 Å². The van der Waals surface area contributed by atoms with Crippen molar-refractivity contribution in [1.82, 2.24) is 25.1 Å². The van der Waals surface area contributed by atoms with Gasteiger partial charge in [-0.15, -0.1) is 5.10 Å². The van der Waals surface area contributed by atoms with E-state index in [1.807, 2.05) is 0 Å². The first-order valence-corrected chi connectivity index (χ1v) is 13.9. The Morgan fingerprint density at radius 3 is 2.50 bits per heavy atom. The molecule has 0 aliphatic carbocycles. The molecule has 3 heterocycles. The number of piperazine rings is 1. The number of halogens is 1. The molecule has 5 aromatic rings. The summed E-state index contributed by atoms with van der Waals surface area (Å²) in [6.45, 7) is -0.0665. The molecule has 0 bridgehead atoms. The lowest BCUT2D eigenvalue weighted by Crippen LogP contribution is -2.60. The third-order valence-electron chi connectivity index (χ3n) is 7.33. The van der Waals surface area contributed by atoms with Crippen LogP contribution in [0.2, 0.25) is 5.02 Å². The molecule has 1 fully saturated rings. The molecule has 16 nitrogen and oxygen atoms in total. The molecule has 2 N–H and O–H groups in total. The number of amides is 3. The molecule has 1 aliphatic heterocycles. The van der Waals surface area contributed by atoms with Crippen molar-refractivity contribution in [3.63, 3.8) is 0 Å². The summed E-state index contributed by atoms with van der Waals surface area (Å²) < 4.78 is 6.59. The van der Waals surface area contributed by atoms with Gasteiger partial charge in [0.2, 0.25) is 11.7 Å². The summed E-state index contributed by atoms with van der Waals surface area (Å²) in [6.07, 6.45) is 1.25. The summed E-state index contributed by atoms with van der Waals surface area (Å²) in [5.74, 6) is -4.07. The Labute approximate surface area is 262 Å². The maximum atomic E-state index is 13.8. The number of hydrogen-bond acceptors (Lipinski definition) is 10. The highest BCUT2D eigenvalue weighted by Gasteiger charge is 2.40. The van der Waals surface area contributed by atoms with Crippen LogP contribution in [0.25, 0.3) is 16.7 Å². The first-order chi connectivity index (χ1) is 22.1. The standard InChI is InChI=1S/C29H21ClN8O8/c30-18-3-7-21(37-15-31-33-34-37)22(14-18)35-9-10-36(28(41)27(35)40)23(11-16-1-5-20(6-2-16)38(44)45)26(39)32-19-4-8-24-17(12-19)13-25(46-24)29(42)43/h1-8,12-15,23H,9-11H2,(H,32,39)(H,42,43)/t23-/m0/s1. The van der Waals surface area contributed by atoms with Gasteiger partial charge in [0.25, 0.3) is 5.69 Å². The number of tetrazole rings is 1. The molecule has 1 atom stereocenters. The Kier molecular flexibility index (Phi) is 7.85. The molecule has 0 radical (unpaired) electrons. The number of rotatable bonds is 9. The minimum atomic E-state index is -1.25. The normalized spacial score (nSPS) is 14.0. The number of furan rings is 1. The summed E-state index contributed by atoms with van der Waals surface area (Å²) in [4.78, 5) is 65.4. The van der Waals surface area contributed by atoms with Crippen LogP contribution in [-0.4, -0.2) is 78.0 Å². The van der Waals surface area contributed by atoms with Crippen molar-refractivity contribution >= 4 is 63.3 Å². The second-order valence-corrected chi connectivity index (χ2v) is 10.6. The lowest BCUT2D eigenvalue weighted by Gasteiger charge is -2.38. The zero-order valence-electron chi connectivity index (χ0n) is 23.4. The lowest BCUT2D eigenvalue weighted by atomic mass is 10.0. The van der Waals surface area contributed by atoms with Crippen LogP contribution in [0.3, 0.4) is 0 Å². The van der Waals surface area contributed by atoms with E-state index in [9.17, 15) is 34.4 Å². The average molecular weight is 645 g/mol. The Balaban J connectivity index is 1.30. The first kappa shape index (κ1) is 29.9. The summed E-state index contributed by atoms with van der Waals surface area (Å²) in [6, 6.07) is 14.8. The van der Waals surface area contributed by atoms with Gasteiger partial charge in [-0.05, 0) is 58.5 Å². The molecule has 1 aliphatic rings. The maximum absolute atomic E-state index is 13.8. The van der Waals surface area contributed by atoms with E-state index in [0.29, 0.717) is 21.7 Å². The molecular weight excluding hydrogens is 624 g/mol. The van der Waals surface area contributed by atoms with E-state index in [0.717, 1.165) is 4.90 Å². The van der Waals surface area contributed by atoms with Crippen molar-refractivity contribution in [1.29, 1.82) is 0 Å². The molecule has 2 aromatic heterocycles. The first-order valence-electron chi connectivity index (χ1n) is 13.6. The Morgan fingerprint density at radius 1 is 1.02 bits per heavy atom. The molecule has 6 rings (SSSR count). The fraction of sp³-hybridized carbons (Fsp3) is 0.138. The number of carboxylic acids is 1. The molecule has 232 valence electrons. The van der Waals surface area contributed by atoms with E-state index in [1.54, 1.807) is 12.1 Å². The second kappa shape index (κ2) is 12.1. The van der Waals surface area contributed by atoms with Crippen molar-refractivity contribution in [2.45, 2.75) is 12.5 Å². The smallest absolute Gasteiger partial charge is 0.371 e. The third-order valence-corrected chi connectivity index (χ3v) is 7.56. The van der Waals surface area contributed by atoms with Gasteiger partial charge in [0.05, 0.1) is 16.3 Å². The van der Waals surface area contributed by atoms with E-state index in [1.165, 1.54) is 70.5 Å². The molecule has 1 saturated heterocycles. The number of nitrogens with zero attached hydrogens (tertiary/aromatic N) is 7. The summed E-state index contributed by atoms with van der Waals surface area (Å²) >= 11 is 6.23. The minimum Gasteiger partial charge on any atom is -0.475 e. The molecule has 0 spiro atoms.